The van der Waals surface area contributed by atoms with Gasteiger partial charge in [0.25, 0.3) is 0 Å². The SMILES string of the molecule is CN=C(NCCC(=O)N1CCN(c2ccccc2)CC1)NCC1(CCOC)CCCC1. The summed E-state index contributed by atoms with van der Waals surface area (Å²) in [5, 5.41) is 6.81. The molecule has 0 radical (unpaired) electrons. The summed E-state index contributed by atoms with van der Waals surface area (Å²) in [4.78, 5) is 21.3. The molecule has 2 fully saturated rings. The number of para-hydroxylation sites is 1. The first-order chi connectivity index (χ1) is 15.2. The van der Waals surface area contributed by atoms with Gasteiger partial charge in [-0.05, 0) is 36.8 Å². The number of methoxy groups -OCH3 is 1. The Kier molecular flexibility index (Phi) is 9.00. The maximum Gasteiger partial charge on any atom is 0.224 e. The number of benzene rings is 1. The Morgan fingerprint density at radius 2 is 1.81 bits per heavy atom. The largest absolute Gasteiger partial charge is 0.385 e. The van der Waals surface area contributed by atoms with Crippen molar-refractivity contribution in [1.29, 1.82) is 0 Å². The molecule has 1 saturated carbocycles. The summed E-state index contributed by atoms with van der Waals surface area (Å²) in [5.41, 5.74) is 1.54. The Morgan fingerprint density at radius 1 is 1.10 bits per heavy atom. The van der Waals surface area contributed by atoms with Crippen LogP contribution in [-0.2, 0) is 9.53 Å². The van der Waals surface area contributed by atoms with Crippen LogP contribution in [0.1, 0.15) is 38.5 Å². The molecule has 0 bridgehead atoms. The molecule has 1 amide bonds. The van der Waals surface area contributed by atoms with E-state index in [0.717, 1.165) is 51.7 Å². The highest BCUT2D eigenvalue weighted by Crippen LogP contribution is 2.40. The molecule has 0 spiro atoms. The number of guanidine groups is 1. The maximum absolute atomic E-state index is 12.6. The second-order valence-corrected chi connectivity index (χ2v) is 8.76. The van der Waals surface area contributed by atoms with Gasteiger partial charge in [-0.15, -0.1) is 0 Å². The minimum Gasteiger partial charge on any atom is -0.385 e. The van der Waals surface area contributed by atoms with Crippen LogP contribution in [0.3, 0.4) is 0 Å². The van der Waals surface area contributed by atoms with Gasteiger partial charge in [-0.25, -0.2) is 0 Å². The van der Waals surface area contributed by atoms with E-state index in [4.69, 9.17) is 4.74 Å². The lowest BCUT2D eigenvalue weighted by Crippen LogP contribution is -2.49. The fraction of sp³-hybridized carbons (Fsp3) is 0.667. The number of rotatable bonds is 9. The van der Waals surface area contributed by atoms with Crippen molar-refractivity contribution in [2.24, 2.45) is 10.4 Å². The molecule has 1 heterocycles. The van der Waals surface area contributed by atoms with E-state index >= 15 is 0 Å². The van der Waals surface area contributed by atoms with Gasteiger partial charge in [0.05, 0.1) is 0 Å². The van der Waals surface area contributed by atoms with Gasteiger partial charge in [-0.1, -0.05) is 31.0 Å². The van der Waals surface area contributed by atoms with Crippen molar-refractivity contribution in [3.05, 3.63) is 30.3 Å². The van der Waals surface area contributed by atoms with E-state index in [1.54, 1.807) is 14.2 Å². The zero-order valence-electron chi connectivity index (χ0n) is 19.2. The first-order valence-corrected chi connectivity index (χ1v) is 11.7. The summed E-state index contributed by atoms with van der Waals surface area (Å²) >= 11 is 0. The van der Waals surface area contributed by atoms with Crippen molar-refractivity contribution in [1.82, 2.24) is 15.5 Å². The summed E-state index contributed by atoms with van der Waals surface area (Å²) in [7, 11) is 3.56. The number of hydrogen-bond acceptors (Lipinski definition) is 4. The second kappa shape index (κ2) is 11.9. The van der Waals surface area contributed by atoms with Crippen LogP contribution in [0.25, 0.3) is 0 Å². The monoisotopic (exact) mass is 429 g/mol. The van der Waals surface area contributed by atoms with Crippen molar-refractivity contribution in [2.75, 3.05) is 64.9 Å². The molecule has 31 heavy (non-hydrogen) atoms. The predicted octanol–water partition coefficient (Wildman–Crippen LogP) is 2.49. The van der Waals surface area contributed by atoms with Crippen molar-refractivity contribution in [2.45, 2.75) is 38.5 Å². The van der Waals surface area contributed by atoms with Crippen LogP contribution in [0.15, 0.2) is 35.3 Å². The molecule has 1 aromatic carbocycles. The molecule has 1 aromatic rings. The van der Waals surface area contributed by atoms with Crippen molar-refractivity contribution >= 4 is 17.6 Å². The smallest absolute Gasteiger partial charge is 0.224 e. The minimum absolute atomic E-state index is 0.211. The van der Waals surface area contributed by atoms with Crippen LogP contribution < -0.4 is 15.5 Å². The molecule has 1 saturated heterocycles. The molecule has 0 aromatic heterocycles. The Morgan fingerprint density at radius 3 is 2.45 bits per heavy atom. The molecule has 2 aliphatic rings. The zero-order chi connectivity index (χ0) is 21.9. The third kappa shape index (κ3) is 6.86. The minimum atomic E-state index is 0.211. The standard InChI is InChI=1S/C24H39N5O2/c1-25-23(27-20-24(13-19-31-2)11-6-7-12-24)26-14-10-22(30)29-17-15-28(16-18-29)21-8-4-3-5-9-21/h3-5,8-9H,6-7,10-20H2,1-2H3,(H2,25,26,27). The van der Waals surface area contributed by atoms with Gasteiger partial charge in [-0.2, -0.15) is 0 Å². The quantitative estimate of drug-likeness (QED) is 0.466. The summed E-state index contributed by atoms with van der Waals surface area (Å²) < 4.78 is 5.32. The van der Waals surface area contributed by atoms with Crippen molar-refractivity contribution in [3.8, 4) is 0 Å². The van der Waals surface area contributed by atoms with Crippen LogP contribution in [0.4, 0.5) is 5.69 Å². The fourth-order valence-electron chi connectivity index (χ4n) is 4.75. The summed E-state index contributed by atoms with van der Waals surface area (Å²) in [6, 6.07) is 10.4. The van der Waals surface area contributed by atoms with E-state index in [1.807, 2.05) is 11.0 Å². The molecule has 7 heteroatoms. The van der Waals surface area contributed by atoms with Gasteiger partial charge in [0.1, 0.15) is 0 Å². The van der Waals surface area contributed by atoms with Crippen LogP contribution in [0, 0.1) is 5.41 Å². The molecule has 7 nitrogen and oxygen atoms in total. The lowest BCUT2D eigenvalue weighted by Gasteiger charge is -2.36. The average Bonchev–Trinajstić information content (AvgIpc) is 3.29. The molecular weight excluding hydrogens is 390 g/mol. The van der Waals surface area contributed by atoms with E-state index in [0.29, 0.717) is 18.4 Å². The van der Waals surface area contributed by atoms with Gasteiger partial charge in [0.15, 0.2) is 5.96 Å². The number of carbonyl (C=O) groups is 1. The molecule has 2 N–H and O–H groups in total. The number of piperazine rings is 1. The predicted molar refractivity (Wildman–Crippen MR) is 127 cm³/mol. The molecule has 0 atom stereocenters. The molecule has 172 valence electrons. The fourth-order valence-corrected chi connectivity index (χ4v) is 4.75. The number of nitrogens with one attached hydrogen (secondary N) is 2. The Bertz CT molecular complexity index is 695. The summed E-state index contributed by atoms with van der Waals surface area (Å²) in [5.74, 6) is 0.994. The highest BCUT2D eigenvalue weighted by Gasteiger charge is 2.33. The number of ether oxygens (including phenoxy) is 1. The highest BCUT2D eigenvalue weighted by atomic mass is 16.5. The number of carbonyl (C=O) groups excluding carboxylic acids is 1. The molecule has 0 unspecified atom stereocenters. The van der Waals surface area contributed by atoms with Crippen LogP contribution >= 0.6 is 0 Å². The number of hydrogen-bond donors (Lipinski definition) is 2. The third-order valence-electron chi connectivity index (χ3n) is 6.74. The lowest BCUT2D eigenvalue weighted by molar-refractivity contribution is -0.131. The van der Waals surface area contributed by atoms with E-state index < -0.39 is 0 Å². The molecule has 1 aliphatic heterocycles. The number of nitrogens with zero attached hydrogens (tertiary/aromatic N) is 3. The van der Waals surface area contributed by atoms with Gasteiger partial charge >= 0.3 is 0 Å². The van der Waals surface area contributed by atoms with E-state index in [9.17, 15) is 4.79 Å². The Labute approximate surface area is 187 Å². The first kappa shape index (κ1) is 23.4. The molecule has 1 aliphatic carbocycles. The van der Waals surface area contributed by atoms with Crippen molar-refractivity contribution in [3.63, 3.8) is 0 Å². The summed E-state index contributed by atoms with van der Waals surface area (Å²) in [6.45, 7) is 5.64. The zero-order valence-corrected chi connectivity index (χ0v) is 19.2. The van der Waals surface area contributed by atoms with Gasteiger partial charge in [0.2, 0.25) is 5.91 Å². The van der Waals surface area contributed by atoms with Crippen molar-refractivity contribution < 1.29 is 9.53 Å². The van der Waals surface area contributed by atoms with Gasteiger partial charge in [0, 0.05) is 72.1 Å². The van der Waals surface area contributed by atoms with Gasteiger partial charge < -0.3 is 25.2 Å². The highest BCUT2D eigenvalue weighted by molar-refractivity contribution is 5.81. The number of aliphatic imine (C=N–C) groups is 1. The van der Waals surface area contributed by atoms with Crippen LogP contribution in [0.5, 0.6) is 0 Å². The first-order valence-electron chi connectivity index (χ1n) is 11.7. The molecule has 3 rings (SSSR count). The van der Waals surface area contributed by atoms with Crippen LogP contribution in [0.2, 0.25) is 0 Å². The van der Waals surface area contributed by atoms with Gasteiger partial charge in [-0.3, -0.25) is 9.79 Å². The number of anilines is 1. The maximum atomic E-state index is 12.6. The normalized spacial score (nSPS) is 18.8. The van der Waals surface area contributed by atoms with E-state index in [-0.39, 0.29) is 5.91 Å². The average molecular weight is 430 g/mol. The van der Waals surface area contributed by atoms with E-state index in [2.05, 4.69) is 44.8 Å². The number of amides is 1. The Balaban J connectivity index is 1.36. The topological polar surface area (TPSA) is 69.2 Å². The third-order valence-corrected chi connectivity index (χ3v) is 6.74. The van der Waals surface area contributed by atoms with Crippen LogP contribution in [-0.4, -0.2) is 76.8 Å². The summed E-state index contributed by atoms with van der Waals surface area (Å²) in [6.07, 6.45) is 6.65. The second-order valence-electron chi connectivity index (χ2n) is 8.76. The van der Waals surface area contributed by atoms with E-state index in [1.165, 1.54) is 31.4 Å². The molecular formula is C24H39N5O2. The Hall–Kier alpha value is -2.28. The lowest BCUT2D eigenvalue weighted by atomic mass is 9.83.